The number of ether oxygens (including phenoxy) is 1. The number of fused-ring (bicyclic) bond motifs is 1. The van der Waals surface area contributed by atoms with E-state index in [2.05, 4.69) is 0 Å². The summed E-state index contributed by atoms with van der Waals surface area (Å²) in [5.41, 5.74) is 1.21. The standard InChI is InChI=1S/C21H24F2N2O3S/c1-15-8-9-24(20-6-4-17(22)14-19(20)23)10-11-25(15)29(26,27)18-5-7-21-16(13-18)3-2-12-28-21/h4-7,13-15H,2-3,8-12H2,1H3. The summed E-state index contributed by atoms with van der Waals surface area (Å²) in [7, 11) is -3.69. The number of benzene rings is 2. The molecule has 2 aromatic rings. The van der Waals surface area contributed by atoms with Crippen LogP contribution in [0.1, 0.15) is 25.3 Å². The molecular weight excluding hydrogens is 398 g/mol. The van der Waals surface area contributed by atoms with Gasteiger partial charge in [0.2, 0.25) is 10.0 Å². The zero-order valence-electron chi connectivity index (χ0n) is 16.3. The summed E-state index contributed by atoms with van der Waals surface area (Å²) in [6.07, 6.45) is 2.21. The van der Waals surface area contributed by atoms with Crippen LogP contribution in [0.5, 0.6) is 5.75 Å². The van der Waals surface area contributed by atoms with Gasteiger partial charge in [-0.3, -0.25) is 0 Å². The number of anilines is 1. The maximum atomic E-state index is 14.2. The normalized spacial score (nSPS) is 20.7. The Balaban J connectivity index is 1.58. The van der Waals surface area contributed by atoms with Crippen molar-refractivity contribution in [2.45, 2.75) is 37.1 Å². The molecule has 156 valence electrons. The lowest BCUT2D eigenvalue weighted by Crippen LogP contribution is -2.40. The summed E-state index contributed by atoms with van der Waals surface area (Å²) in [6, 6.07) is 8.27. The average Bonchev–Trinajstić information content (AvgIpc) is 2.90. The molecule has 2 aromatic carbocycles. The van der Waals surface area contributed by atoms with E-state index in [1.54, 1.807) is 23.1 Å². The van der Waals surface area contributed by atoms with Crippen LogP contribution in [0.15, 0.2) is 41.3 Å². The molecule has 2 heterocycles. The van der Waals surface area contributed by atoms with Gasteiger partial charge in [-0.25, -0.2) is 17.2 Å². The average molecular weight is 422 g/mol. The van der Waals surface area contributed by atoms with Gasteiger partial charge in [0, 0.05) is 31.7 Å². The van der Waals surface area contributed by atoms with Crippen LogP contribution in [0.25, 0.3) is 0 Å². The highest BCUT2D eigenvalue weighted by Crippen LogP contribution is 2.30. The van der Waals surface area contributed by atoms with Crippen molar-refractivity contribution >= 4 is 15.7 Å². The van der Waals surface area contributed by atoms with Crippen LogP contribution in [-0.2, 0) is 16.4 Å². The lowest BCUT2D eigenvalue weighted by Gasteiger charge is -2.27. The highest BCUT2D eigenvalue weighted by molar-refractivity contribution is 7.89. The summed E-state index contributed by atoms with van der Waals surface area (Å²) in [4.78, 5) is 2.04. The van der Waals surface area contributed by atoms with E-state index < -0.39 is 21.7 Å². The van der Waals surface area contributed by atoms with Crippen molar-refractivity contribution in [1.29, 1.82) is 0 Å². The molecule has 0 aliphatic carbocycles. The van der Waals surface area contributed by atoms with Gasteiger partial charge in [0.05, 0.1) is 17.2 Å². The van der Waals surface area contributed by atoms with Crippen LogP contribution in [-0.4, -0.2) is 45.0 Å². The second kappa shape index (κ2) is 7.91. The fourth-order valence-corrected chi connectivity index (χ4v) is 5.71. The first kappa shape index (κ1) is 20.1. The minimum atomic E-state index is -3.69. The van der Waals surface area contributed by atoms with E-state index in [1.165, 1.54) is 16.4 Å². The summed E-state index contributed by atoms with van der Waals surface area (Å²) in [5.74, 6) is -0.518. The van der Waals surface area contributed by atoms with Gasteiger partial charge in [0.1, 0.15) is 17.4 Å². The molecule has 4 rings (SSSR count). The third-order valence-corrected chi connectivity index (χ3v) is 7.65. The molecular formula is C21H24F2N2O3S. The summed E-state index contributed by atoms with van der Waals surface area (Å²) in [5, 5.41) is 0. The van der Waals surface area contributed by atoms with Gasteiger partial charge < -0.3 is 9.64 Å². The Hall–Kier alpha value is -2.19. The largest absolute Gasteiger partial charge is 0.493 e. The minimum absolute atomic E-state index is 0.230. The van der Waals surface area contributed by atoms with E-state index in [1.807, 2.05) is 6.92 Å². The molecule has 1 fully saturated rings. The van der Waals surface area contributed by atoms with E-state index >= 15 is 0 Å². The maximum absolute atomic E-state index is 14.2. The Kier molecular flexibility index (Phi) is 5.48. The molecule has 1 saturated heterocycles. The molecule has 29 heavy (non-hydrogen) atoms. The number of nitrogens with zero attached hydrogens (tertiary/aromatic N) is 2. The quantitative estimate of drug-likeness (QED) is 0.759. The van der Waals surface area contributed by atoms with Crippen LogP contribution in [0.3, 0.4) is 0 Å². The Bertz CT molecular complexity index is 1010. The first-order valence-electron chi connectivity index (χ1n) is 9.84. The van der Waals surface area contributed by atoms with Gasteiger partial charge in [-0.2, -0.15) is 4.31 Å². The SMILES string of the molecule is CC1CCN(c2ccc(F)cc2F)CCN1S(=O)(=O)c1ccc2c(c1)CCCO2. The second-order valence-corrected chi connectivity index (χ2v) is 9.45. The first-order chi connectivity index (χ1) is 13.9. The summed E-state index contributed by atoms with van der Waals surface area (Å²) in [6.45, 7) is 3.57. The van der Waals surface area contributed by atoms with E-state index in [-0.39, 0.29) is 17.5 Å². The van der Waals surface area contributed by atoms with Crippen molar-refractivity contribution in [2.24, 2.45) is 0 Å². The van der Waals surface area contributed by atoms with Crippen LogP contribution in [0.4, 0.5) is 14.5 Å². The monoisotopic (exact) mass is 422 g/mol. The van der Waals surface area contributed by atoms with E-state index in [4.69, 9.17) is 4.74 Å². The maximum Gasteiger partial charge on any atom is 0.243 e. The van der Waals surface area contributed by atoms with Crippen LogP contribution < -0.4 is 9.64 Å². The molecule has 2 aliphatic heterocycles. The zero-order valence-corrected chi connectivity index (χ0v) is 17.1. The number of hydrogen-bond acceptors (Lipinski definition) is 4. The predicted octanol–water partition coefficient (Wildman–Crippen LogP) is 3.58. The number of aryl methyl sites for hydroxylation is 1. The predicted molar refractivity (Wildman–Crippen MR) is 107 cm³/mol. The van der Waals surface area contributed by atoms with Crippen molar-refractivity contribution in [3.8, 4) is 5.75 Å². The number of halogens is 2. The van der Waals surface area contributed by atoms with Crippen molar-refractivity contribution in [3.05, 3.63) is 53.6 Å². The zero-order chi connectivity index (χ0) is 20.6. The fourth-order valence-electron chi connectivity index (χ4n) is 4.01. The van der Waals surface area contributed by atoms with E-state index in [0.29, 0.717) is 31.8 Å². The number of rotatable bonds is 3. The molecule has 1 unspecified atom stereocenters. The van der Waals surface area contributed by atoms with Crippen LogP contribution in [0.2, 0.25) is 0 Å². The van der Waals surface area contributed by atoms with Crippen LogP contribution in [0, 0.1) is 11.6 Å². The Morgan fingerprint density at radius 1 is 1.07 bits per heavy atom. The molecule has 5 nitrogen and oxygen atoms in total. The molecule has 1 atom stereocenters. The molecule has 0 aromatic heterocycles. The van der Waals surface area contributed by atoms with Crippen molar-refractivity contribution in [3.63, 3.8) is 0 Å². The highest BCUT2D eigenvalue weighted by atomic mass is 32.2. The Morgan fingerprint density at radius 2 is 1.90 bits per heavy atom. The van der Waals surface area contributed by atoms with E-state index in [0.717, 1.165) is 30.2 Å². The Morgan fingerprint density at radius 3 is 2.69 bits per heavy atom. The fraction of sp³-hybridized carbons (Fsp3) is 0.429. The second-order valence-electron chi connectivity index (χ2n) is 7.56. The molecule has 0 N–H and O–H groups in total. The first-order valence-corrected chi connectivity index (χ1v) is 11.3. The molecule has 8 heteroatoms. The molecule has 0 amide bonds. The molecule has 2 aliphatic rings. The van der Waals surface area contributed by atoms with Gasteiger partial charge in [-0.05, 0) is 62.1 Å². The van der Waals surface area contributed by atoms with Gasteiger partial charge in [-0.1, -0.05) is 0 Å². The van der Waals surface area contributed by atoms with Gasteiger partial charge in [-0.15, -0.1) is 0 Å². The summed E-state index contributed by atoms with van der Waals surface area (Å²) < 4.78 is 61.2. The van der Waals surface area contributed by atoms with Gasteiger partial charge >= 0.3 is 0 Å². The third-order valence-electron chi connectivity index (χ3n) is 5.64. The van der Waals surface area contributed by atoms with Gasteiger partial charge in [0.25, 0.3) is 0 Å². The molecule has 0 bridgehead atoms. The number of sulfonamides is 1. The third kappa shape index (κ3) is 3.96. The van der Waals surface area contributed by atoms with Crippen molar-refractivity contribution in [2.75, 3.05) is 31.1 Å². The lowest BCUT2D eigenvalue weighted by atomic mass is 10.1. The molecule has 0 radical (unpaired) electrons. The highest BCUT2D eigenvalue weighted by Gasteiger charge is 2.33. The lowest BCUT2D eigenvalue weighted by molar-refractivity contribution is 0.288. The summed E-state index contributed by atoms with van der Waals surface area (Å²) >= 11 is 0. The van der Waals surface area contributed by atoms with Gasteiger partial charge in [0.15, 0.2) is 0 Å². The van der Waals surface area contributed by atoms with Crippen LogP contribution >= 0.6 is 0 Å². The molecule has 0 spiro atoms. The topological polar surface area (TPSA) is 49.9 Å². The molecule has 0 saturated carbocycles. The van der Waals surface area contributed by atoms with E-state index in [9.17, 15) is 17.2 Å². The smallest absolute Gasteiger partial charge is 0.243 e. The minimum Gasteiger partial charge on any atom is -0.493 e. The Labute approximate surface area is 169 Å². The number of hydrogen-bond donors (Lipinski definition) is 0. The van der Waals surface area contributed by atoms with Crippen molar-refractivity contribution in [1.82, 2.24) is 4.31 Å². The van der Waals surface area contributed by atoms with Crippen molar-refractivity contribution < 1.29 is 21.9 Å².